The summed E-state index contributed by atoms with van der Waals surface area (Å²) in [6.07, 6.45) is 5.41. The Labute approximate surface area is 294 Å². The van der Waals surface area contributed by atoms with Gasteiger partial charge < -0.3 is 15.4 Å². The van der Waals surface area contributed by atoms with E-state index in [4.69, 9.17) is 19.8 Å². The zero-order valence-electron chi connectivity index (χ0n) is 28.9. The fraction of sp³-hybridized carbons (Fsp3) is 0.286. The minimum Gasteiger partial charge on any atom is -0.444 e. The highest BCUT2D eigenvalue weighted by Gasteiger charge is 2.41. The number of aromatic nitrogens is 4. The molecule has 3 aromatic heterocycles. The number of nitrogens with one attached hydrogen (secondary N) is 2. The molecule has 2 N–H and O–H groups in total. The summed E-state index contributed by atoms with van der Waals surface area (Å²) < 4.78 is 7.54. The van der Waals surface area contributed by atoms with Crippen LogP contribution in [0.1, 0.15) is 63.1 Å². The third-order valence-electron chi connectivity index (χ3n) is 9.47. The van der Waals surface area contributed by atoms with Gasteiger partial charge in [-0.25, -0.2) is 19.4 Å². The van der Waals surface area contributed by atoms with E-state index in [9.17, 15) is 4.79 Å². The van der Waals surface area contributed by atoms with Crippen LogP contribution in [0.2, 0.25) is 0 Å². The topological polar surface area (TPSA) is 94.0 Å². The summed E-state index contributed by atoms with van der Waals surface area (Å²) in [7, 11) is 0. The minimum absolute atomic E-state index is 0.148. The molecule has 3 heterocycles. The Hall–Kier alpha value is -5.50. The fourth-order valence-electron chi connectivity index (χ4n) is 7.18. The van der Waals surface area contributed by atoms with Gasteiger partial charge in [-0.1, -0.05) is 97.1 Å². The number of nitrogens with zero attached hydrogens (tertiary/aromatic N) is 4. The summed E-state index contributed by atoms with van der Waals surface area (Å²) >= 11 is 0. The highest BCUT2D eigenvalue weighted by Crippen LogP contribution is 2.43. The second-order valence-corrected chi connectivity index (χ2v) is 14.1. The number of benzene rings is 3. The number of alkyl carbamates (subject to hydrolysis) is 1. The first kappa shape index (κ1) is 33.0. The van der Waals surface area contributed by atoms with Crippen LogP contribution in [0.25, 0.3) is 22.4 Å². The lowest BCUT2D eigenvalue weighted by Gasteiger charge is -2.36. The van der Waals surface area contributed by atoms with Crippen molar-refractivity contribution in [2.24, 2.45) is 5.92 Å². The summed E-state index contributed by atoms with van der Waals surface area (Å²) in [6.45, 7) is 6.47. The molecule has 254 valence electrons. The van der Waals surface area contributed by atoms with Crippen molar-refractivity contribution in [3.05, 3.63) is 144 Å². The van der Waals surface area contributed by atoms with Crippen molar-refractivity contribution < 1.29 is 9.53 Å². The maximum Gasteiger partial charge on any atom is 0.407 e. The Morgan fingerprint density at radius 1 is 0.760 bits per heavy atom. The van der Waals surface area contributed by atoms with Crippen LogP contribution >= 0.6 is 0 Å². The zero-order valence-corrected chi connectivity index (χ0v) is 28.9. The van der Waals surface area contributed by atoms with Gasteiger partial charge in [0, 0.05) is 24.2 Å². The van der Waals surface area contributed by atoms with Crippen LogP contribution in [0.15, 0.2) is 128 Å². The summed E-state index contributed by atoms with van der Waals surface area (Å²) in [5.74, 6) is 1.30. The highest BCUT2D eigenvalue weighted by atomic mass is 16.6. The maximum absolute atomic E-state index is 12.3. The number of rotatable bonds is 9. The number of fused-ring (bicyclic) bond motifs is 1. The molecule has 1 amide bonds. The molecule has 0 aliphatic heterocycles. The predicted molar refractivity (Wildman–Crippen MR) is 199 cm³/mol. The van der Waals surface area contributed by atoms with Gasteiger partial charge in [-0.15, -0.1) is 0 Å². The van der Waals surface area contributed by atoms with Gasteiger partial charge in [0.1, 0.15) is 22.7 Å². The monoisotopic (exact) mass is 664 g/mol. The van der Waals surface area contributed by atoms with Gasteiger partial charge in [-0.05, 0) is 93.3 Å². The van der Waals surface area contributed by atoms with Crippen molar-refractivity contribution in [2.75, 3.05) is 11.9 Å². The Balaban J connectivity index is 1.20. The van der Waals surface area contributed by atoms with Gasteiger partial charge in [0.05, 0.1) is 5.69 Å². The molecule has 6 aromatic rings. The lowest BCUT2D eigenvalue weighted by atomic mass is 9.77. The zero-order chi connectivity index (χ0) is 34.6. The van der Waals surface area contributed by atoms with Crippen molar-refractivity contribution in [1.82, 2.24) is 25.1 Å². The van der Waals surface area contributed by atoms with E-state index in [1.165, 1.54) is 0 Å². The average molecular weight is 665 g/mol. The molecule has 0 radical (unpaired) electrons. The molecule has 1 aliphatic carbocycles. The van der Waals surface area contributed by atoms with E-state index in [0.717, 1.165) is 77.2 Å². The molecule has 8 nitrogen and oxygen atoms in total. The smallest absolute Gasteiger partial charge is 0.407 e. The van der Waals surface area contributed by atoms with E-state index in [1.807, 2.05) is 69.4 Å². The molecule has 8 heteroatoms. The number of amides is 1. The van der Waals surface area contributed by atoms with Crippen LogP contribution in [0.3, 0.4) is 0 Å². The molecule has 1 aliphatic rings. The molecule has 50 heavy (non-hydrogen) atoms. The Bertz CT molecular complexity index is 1930. The van der Waals surface area contributed by atoms with E-state index in [2.05, 4.69) is 94.2 Å². The lowest BCUT2D eigenvalue weighted by molar-refractivity contribution is 0.0488. The first-order valence-corrected chi connectivity index (χ1v) is 17.5. The molecule has 0 saturated heterocycles. The van der Waals surface area contributed by atoms with Crippen LogP contribution in [0.4, 0.5) is 10.6 Å². The number of pyridine rings is 2. The van der Waals surface area contributed by atoms with Crippen molar-refractivity contribution in [2.45, 2.75) is 63.6 Å². The highest BCUT2D eigenvalue weighted by molar-refractivity contribution is 5.91. The van der Waals surface area contributed by atoms with Crippen molar-refractivity contribution >= 4 is 22.9 Å². The third kappa shape index (κ3) is 6.83. The Kier molecular flexibility index (Phi) is 9.35. The van der Waals surface area contributed by atoms with Gasteiger partial charge in [-0.2, -0.15) is 5.10 Å². The number of carbonyl (C=O) groups excluding carboxylic acids is 1. The molecule has 3 aromatic carbocycles. The quantitative estimate of drug-likeness (QED) is 0.150. The first-order chi connectivity index (χ1) is 24.3. The van der Waals surface area contributed by atoms with E-state index < -0.39 is 11.1 Å². The molecule has 0 unspecified atom stereocenters. The molecule has 7 rings (SSSR count). The van der Waals surface area contributed by atoms with Crippen molar-refractivity contribution in [3.8, 4) is 11.4 Å². The van der Waals surface area contributed by atoms with Crippen molar-refractivity contribution in [1.29, 1.82) is 0 Å². The van der Waals surface area contributed by atoms with E-state index >= 15 is 0 Å². The van der Waals surface area contributed by atoms with E-state index in [0.29, 0.717) is 5.92 Å². The average Bonchev–Trinajstić information content (AvgIpc) is 3.52. The van der Waals surface area contributed by atoms with Crippen LogP contribution in [0.5, 0.6) is 0 Å². The fourth-order valence-corrected chi connectivity index (χ4v) is 7.18. The SMILES string of the molecule is CC(C)(C)OC(=O)NC1CCC(CNc2cccc(-c3nn(C(c4ccccc4)(c4ccccc4)c4ccccc4)c4ncccc34)n2)CC1. The second kappa shape index (κ2) is 14.2. The van der Waals surface area contributed by atoms with Gasteiger partial charge in [0.15, 0.2) is 5.65 Å². The third-order valence-corrected chi connectivity index (χ3v) is 9.47. The molecule has 1 saturated carbocycles. The van der Waals surface area contributed by atoms with Crippen LogP contribution in [-0.4, -0.2) is 44.0 Å². The van der Waals surface area contributed by atoms with Gasteiger partial charge in [0.2, 0.25) is 0 Å². The maximum atomic E-state index is 12.3. The summed E-state index contributed by atoms with van der Waals surface area (Å²) in [6, 6.07) is 41.9. The summed E-state index contributed by atoms with van der Waals surface area (Å²) in [5.41, 5.74) is 4.27. The number of ether oxygens (including phenoxy) is 1. The van der Waals surface area contributed by atoms with Crippen LogP contribution < -0.4 is 10.6 Å². The van der Waals surface area contributed by atoms with Gasteiger partial charge in [0.25, 0.3) is 0 Å². The molecule has 0 atom stereocenters. The molecule has 0 bridgehead atoms. The molecule has 1 fully saturated rings. The lowest BCUT2D eigenvalue weighted by Crippen LogP contribution is -2.41. The summed E-state index contributed by atoms with van der Waals surface area (Å²) in [5, 5.41) is 13.0. The Morgan fingerprint density at radius 2 is 1.36 bits per heavy atom. The normalized spacial score (nSPS) is 16.5. The molecule has 0 spiro atoms. The summed E-state index contributed by atoms with van der Waals surface area (Å²) in [4.78, 5) is 22.3. The molecular weight excluding hydrogens is 621 g/mol. The van der Waals surface area contributed by atoms with E-state index in [1.54, 1.807) is 0 Å². The van der Waals surface area contributed by atoms with E-state index in [-0.39, 0.29) is 12.1 Å². The number of carbonyl (C=O) groups is 1. The number of anilines is 1. The van der Waals surface area contributed by atoms with Crippen molar-refractivity contribution in [3.63, 3.8) is 0 Å². The Morgan fingerprint density at radius 3 is 1.94 bits per heavy atom. The van der Waals surface area contributed by atoms with Crippen LogP contribution in [0, 0.1) is 5.92 Å². The van der Waals surface area contributed by atoms with Gasteiger partial charge in [-0.3, -0.25) is 0 Å². The number of hydrogen-bond acceptors (Lipinski definition) is 6. The second-order valence-electron chi connectivity index (χ2n) is 14.1. The van der Waals surface area contributed by atoms with Gasteiger partial charge >= 0.3 is 6.09 Å². The molecular formula is C42H44N6O2. The predicted octanol–water partition coefficient (Wildman–Crippen LogP) is 8.83. The standard InChI is InChI=1S/C42H44N6O2/c1-41(2,3)50-40(49)45-34-26-24-30(25-27-34)29-44-37-23-13-22-36(46-37)38-35-21-14-28-43-39(35)48(47-38)42(31-15-7-4-8-16-31,32-17-9-5-10-18-32)33-19-11-6-12-20-33/h4-23,28,30,34H,24-27,29H2,1-3H3,(H,44,46)(H,45,49). The number of hydrogen-bond donors (Lipinski definition) is 2. The first-order valence-electron chi connectivity index (χ1n) is 17.5. The minimum atomic E-state index is -0.804. The largest absolute Gasteiger partial charge is 0.444 e. The van der Waals surface area contributed by atoms with Crippen LogP contribution in [-0.2, 0) is 10.3 Å².